The van der Waals surface area contributed by atoms with Crippen molar-refractivity contribution in [3.8, 4) is 11.8 Å². The minimum absolute atomic E-state index is 0.108. The molecule has 0 bridgehead atoms. The molecule has 0 unspecified atom stereocenters. The Hall–Kier alpha value is -2.58. The molecule has 2 rings (SSSR count). The maximum atomic E-state index is 12.6. The molecule has 5 heteroatoms. The molecule has 0 saturated heterocycles. The summed E-state index contributed by atoms with van der Waals surface area (Å²) in [5.41, 5.74) is 1.55. The van der Waals surface area contributed by atoms with Crippen LogP contribution in [0.15, 0.2) is 58.3 Å². The van der Waals surface area contributed by atoms with Gasteiger partial charge in [-0.15, -0.1) is 0 Å². The number of benzene rings is 2. The van der Waals surface area contributed by atoms with Crippen molar-refractivity contribution in [1.29, 1.82) is 5.26 Å². The number of allylic oxidation sites excluding steroid dienone is 1. The first-order chi connectivity index (χ1) is 11.0. The van der Waals surface area contributed by atoms with Gasteiger partial charge in [0.2, 0.25) is 9.84 Å². The van der Waals surface area contributed by atoms with Gasteiger partial charge in [0.25, 0.3) is 0 Å². The largest absolute Gasteiger partial charge is 0.494 e. The molecule has 0 fully saturated rings. The van der Waals surface area contributed by atoms with Gasteiger partial charge in [-0.3, -0.25) is 0 Å². The second-order valence-electron chi connectivity index (χ2n) is 4.94. The van der Waals surface area contributed by atoms with Gasteiger partial charge in [-0.25, -0.2) is 8.42 Å². The summed E-state index contributed by atoms with van der Waals surface area (Å²) < 4.78 is 30.5. The maximum Gasteiger partial charge on any atom is 0.216 e. The Labute approximate surface area is 136 Å². The van der Waals surface area contributed by atoms with Crippen molar-refractivity contribution in [2.75, 3.05) is 6.61 Å². The number of hydrogen-bond donors (Lipinski definition) is 0. The van der Waals surface area contributed by atoms with Crippen LogP contribution in [-0.4, -0.2) is 15.0 Å². The lowest BCUT2D eigenvalue weighted by molar-refractivity contribution is 0.340. The Morgan fingerprint density at radius 1 is 1.22 bits per heavy atom. The van der Waals surface area contributed by atoms with Crippen LogP contribution in [0.2, 0.25) is 0 Å². The summed E-state index contributed by atoms with van der Waals surface area (Å²) in [6.45, 7) is 4.25. The van der Waals surface area contributed by atoms with Crippen LogP contribution < -0.4 is 4.74 Å². The fourth-order valence-corrected chi connectivity index (χ4v) is 3.19. The third-order valence-electron chi connectivity index (χ3n) is 3.20. The summed E-state index contributed by atoms with van der Waals surface area (Å²) in [7, 11) is -3.83. The molecule has 23 heavy (non-hydrogen) atoms. The average Bonchev–Trinajstić information content (AvgIpc) is 2.53. The highest BCUT2D eigenvalue weighted by Crippen LogP contribution is 2.23. The SMILES string of the molecule is CCOc1cccc(/C=C(\C#N)S(=O)(=O)c2ccc(C)cc2)c1. The summed E-state index contributed by atoms with van der Waals surface area (Å²) in [6.07, 6.45) is 1.36. The lowest BCUT2D eigenvalue weighted by atomic mass is 10.2. The zero-order valence-electron chi connectivity index (χ0n) is 13.0. The third kappa shape index (κ3) is 3.99. The average molecular weight is 327 g/mol. The maximum absolute atomic E-state index is 12.6. The minimum atomic E-state index is -3.83. The van der Waals surface area contributed by atoms with Gasteiger partial charge in [-0.1, -0.05) is 29.8 Å². The summed E-state index contributed by atoms with van der Waals surface area (Å²) >= 11 is 0. The van der Waals surface area contributed by atoms with Crippen LogP contribution >= 0.6 is 0 Å². The van der Waals surface area contributed by atoms with Crippen LogP contribution in [0, 0.1) is 18.3 Å². The Bertz CT molecular complexity index is 860. The quantitative estimate of drug-likeness (QED) is 0.785. The zero-order chi connectivity index (χ0) is 16.9. The topological polar surface area (TPSA) is 67.2 Å². The molecule has 0 amide bonds. The van der Waals surface area contributed by atoms with Crippen LogP contribution in [0.4, 0.5) is 0 Å². The smallest absolute Gasteiger partial charge is 0.216 e. The van der Waals surface area contributed by atoms with E-state index in [2.05, 4.69) is 0 Å². The van der Waals surface area contributed by atoms with Crippen molar-refractivity contribution in [3.63, 3.8) is 0 Å². The summed E-state index contributed by atoms with van der Waals surface area (Å²) in [5, 5.41) is 9.28. The molecule has 0 spiro atoms. The highest BCUT2D eigenvalue weighted by molar-refractivity contribution is 7.95. The predicted octanol–water partition coefficient (Wildman–Crippen LogP) is 3.73. The summed E-state index contributed by atoms with van der Waals surface area (Å²) in [5.74, 6) is 0.631. The van der Waals surface area contributed by atoms with Crippen molar-refractivity contribution in [2.24, 2.45) is 0 Å². The minimum Gasteiger partial charge on any atom is -0.494 e. The molecule has 0 aliphatic rings. The molecule has 0 radical (unpaired) electrons. The molecule has 2 aromatic rings. The van der Waals surface area contributed by atoms with Crippen molar-refractivity contribution in [1.82, 2.24) is 0 Å². The van der Waals surface area contributed by atoms with E-state index in [0.717, 1.165) is 5.56 Å². The molecule has 118 valence electrons. The van der Waals surface area contributed by atoms with E-state index in [9.17, 15) is 13.7 Å². The van der Waals surface area contributed by atoms with Crippen molar-refractivity contribution in [3.05, 3.63) is 64.6 Å². The highest BCUT2D eigenvalue weighted by Gasteiger charge is 2.20. The van der Waals surface area contributed by atoms with Gasteiger partial charge < -0.3 is 4.74 Å². The van der Waals surface area contributed by atoms with Crippen LogP contribution in [0.3, 0.4) is 0 Å². The van der Waals surface area contributed by atoms with Gasteiger partial charge in [0.1, 0.15) is 16.7 Å². The molecule has 0 N–H and O–H groups in total. The van der Waals surface area contributed by atoms with E-state index < -0.39 is 9.84 Å². The highest BCUT2D eigenvalue weighted by atomic mass is 32.2. The van der Waals surface area contributed by atoms with E-state index in [1.54, 1.807) is 42.5 Å². The first kappa shape index (κ1) is 16.8. The molecule has 0 aromatic heterocycles. The van der Waals surface area contributed by atoms with Crippen LogP contribution in [0.1, 0.15) is 18.1 Å². The fraction of sp³-hybridized carbons (Fsp3) is 0.167. The number of nitrogens with zero attached hydrogens (tertiary/aromatic N) is 1. The number of rotatable bonds is 5. The second-order valence-corrected chi connectivity index (χ2v) is 6.86. The molecule has 0 saturated carbocycles. The molecule has 0 heterocycles. The zero-order valence-corrected chi connectivity index (χ0v) is 13.8. The molecule has 0 aliphatic heterocycles. The third-order valence-corrected chi connectivity index (χ3v) is 4.88. The standard InChI is InChI=1S/C18H17NO3S/c1-3-22-16-6-4-5-15(11-16)12-18(13-19)23(20,21)17-9-7-14(2)8-10-17/h4-12H,3H2,1-2H3/b18-12+. The van der Waals surface area contributed by atoms with E-state index in [0.29, 0.717) is 17.9 Å². The molecule has 0 atom stereocenters. The van der Waals surface area contributed by atoms with Gasteiger partial charge in [0, 0.05) is 0 Å². The Balaban J connectivity index is 2.44. The van der Waals surface area contributed by atoms with Crippen LogP contribution in [0.5, 0.6) is 5.75 Å². The van der Waals surface area contributed by atoms with Crippen molar-refractivity contribution < 1.29 is 13.2 Å². The van der Waals surface area contributed by atoms with E-state index >= 15 is 0 Å². The summed E-state index contributed by atoms with van der Waals surface area (Å²) in [4.78, 5) is -0.188. The monoisotopic (exact) mass is 327 g/mol. The number of ether oxygens (including phenoxy) is 1. The molecular weight excluding hydrogens is 310 g/mol. The molecule has 0 aliphatic carbocycles. The van der Waals surface area contributed by atoms with Crippen LogP contribution in [0.25, 0.3) is 6.08 Å². The normalized spacial score (nSPS) is 11.8. The first-order valence-corrected chi connectivity index (χ1v) is 8.62. The van der Waals surface area contributed by atoms with Gasteiger partial charge >= 0.3 is 0 Å². The van der Waals surface area contributed by atoms with Gasteiger partial charge in [0.15, 0.2) is 0 Å². The lowest BCUT2D eigenvalue weighted by Crippen LogP contribution is -2.03. The van der Waals surface area contributed by atoms with Crippen LogP contribution in [-0.2, 0) is 9.84 Å². The van der Waals surface area contributed by atoms with Gasteiger partial charge in [-0.2, -0.15) is 5.26 Å². The van der Waals surface area contributed by atoms with Gasteiger partial charge in [0.05, 0.1) is 11.5 Å². The van der Waals surface area contributed by atoms with Crippen molar-refractivity contribution in [2.45, 2.75) is 18.7 Å². The van der Waals surface area contributed by atoms with E-state index in [4.69, 9.17) is 4.74 Å². The Morgan fingerprint density at radius 2 is 1.91 bits per heavy atom. The molecule has 2 aromatic carbocycles. The van der Waals surface area contributed by atoms with Crippen molar-refractivity contribution >= 4 is 15.9 Å². The van der Waals surface area contributed by atoms with E-state index in [1.165, 1.54) is 18.2 Å². The lowest BCUT2D eigenvalue weighted by Gasteiger charge is -2.05. The molecular formula is C18H17NO3S. The van der Waals surface area contributed by atoms with Gasteiger partial charge in [-0.05, 0) is 49.8 Å². The Morgan fingerprint density at radius 3 is 2.52 bits per heavy atom. The number of sulfone groups is 1. The first-order valence-electron chi connectivity index (χ1n) is 7.14. The number of aryl methyl sites for hydroxylation is 1. The number of nitriles is 1. The predicted molar refractivity (Wildman–Crippen MR) is 89.6 cm³/mol. The second kappa shape index (κ2) is 7.12. The summed E-state index contributed by atoms with van der Waals surface area (Å²) in [6, 6.07) is 15.2. The Kier molecular flexibility index (Phi) is 5.20. The van der Waals surface area contributed by atoms with E-state index in [1.807, 2.05) is 13.8 Å². The number of hydrogen-bond acceptors (Lipinski definition) is 4. The fourth-order valence-electron chi connectivity index (χ4n) is 2.03. The molecule has 4 nitrogen and oxygen atoms in total. The van der Waals surface area contributed by atoms with E-state index in [-0.39, 0.29) is 9.80 Å².